The van der Waals surface area contributed by atoms with Gasteiger partial charge in [-0.2, -0.15) is 0 Å². The van der Waals surface area contributed by atoms with Crippen LogP contribution in [0.15, 0.2) is 0 Å². The minimum Gasteiger partial charge on any atom is -1.00 e. The van der Waals surface area contributed by atoms with E-state index in [0.29, 0.717) is 6.42 Å². The Hall–Kier alpha value is 1.11. The Labute approximate surface area is 164 Å². The van der Waals surface area contributed by atoms with E-state index >= 15 is 0 Å². The maximum Gasteiger partial charge on any atom is 1.00 e. The zero-order chi connectivity index (χ0) is 13.5. The Kier molecular flexibility index (Phi) is 22.5. The molecule has 0 bridgehead atoms. The zero-order valence-electron chi connectivity index (χ0n) is 14.6. The van der Waals surface area contributed by atoms with Gasteiger partial charge in [0.05, 0.1) is 0 Å². The fourth-order valence-corrected chi connectivity index (χ4v) is 2.24. The molecule has 0 heterocycles. The summed E-state index contributed by atoms with van der Waals surface area (Å²) in [6.07, 6.45) is 15.4. The molecule has 3 heteroatoms. The molecule has 0 unspecified atom stereocenters. The second-order valence-corrected chi connectivity index (χ2v) is 5.24. The van der Waals surface area contributed by atoms with Crippen LogP contribution in [0.25, 0.3) is 0 Å². The van der Waals surface area contributed by atoms with Crippen molar-refractivity contribution >= 4 is 5.91 Å². The minimum absolute atomic E-state index is 0. The summed E-state index contributed by atoms with van der Waals surface area (Å²) in [4.78, 5) is 11.2. The van der Waals surface area contributed by atoms with Crippen LogP contribution in [0.1, 0.15) is 92.3 Å². The maximum absolute atomic E-state index is 11.2. The number of hydrogen-bond donors (Lipinski definition) is 1. The first-order chi connectivity index (χ1) is 8.81. The van der Waals surface area contributed by atoms with Crippen molar-refractivity contribution in [3.8, 4) is 0 Å². The number of hydrogen-bond acceptors (Lipinski definition) is 1. The molecule has 0 spiro atoms. The van der Waals surface area contributed by atoms with Gasteiger partial charge in [0.15, 0.2) is 0 Å². The van der Waals surface area contributed by atoms with Crippen LogP contribution in [0.3, 0.4) is 0 Å². The second kappa shape index (κ2) is 19.1. The van der Waals surface area contributed by atoms with Gasteiger partial charge >= 0.3 is 51.4 Å². The Morgan fingerprint density at radius 2 is 1.21 bits per heavy atom. The van der Waals surface area contributed by atoms with Gasteiger partial charge in [0.25, 0.3) is 0 Å². The molecule has 19 heavy (non-hydrogen) atoms. The fraction of sp³-hybridized carbons (Fsp3) is 0.938. The molecule has 110 valence electrons. The number of amides is 1. The molecule has 0 aromatic rings. The summed E-state index contributed by atoms with van der Waals surface area (Å²) in [5.74, 6) is 0.216. The summed E-state index contributed by atoms with van der Waals surface area (Å²) in [7, 11) is 0. The first kappa shape index (κ1) is 22.4. The molecule has 2 nitrogen and oxygen atoms in total. The van der Waals surface area contributed by atoms with Gasteiger partial charge in [0.1, 0.15) is 0 Å². The van der Waals surface area contributed by atoms with E-state index in [4.69, 9.17) is 0 Å². The van der Waals surface area contributed by atoms with E-state index in [1.165, 1.54) is 64.2 Å². The summed E-state index contributed by atoms with van der Waals surface area (Å²) in [5.41, 5.74) is 0. The van der Waals surface area contributed by atoms with Gasteiger partial charge in [-0.05, 0) is 13.3 Å². The van der Waals surface area contributed by atoms with Crippen molar-refractivity contribution in [1.29, 1.82) is 0 Å². The summed E-state index contributed by atoms with van der Waals surface area (Å²) in [5, 5.41) is 2.84. The third-order valence-electron chi connectivity index (χ3n) is 3.38. The van der Waals surface area contributed by atoms with Gasteiger partial charge in [-0.25, -0.2) is 0 Å². The molecule has 1 N–H and O–H groups in total. The number of rotatable bonds is 13. The molecule has 0 atom stereocenters. The van der Waals surface area contributed by atoms with Crippen molar-refractivity contribution in [2.45, 2.75) is 90.9 Å². The van der Waals surface area contributed by atoms with Gasteiger partial charge in [-0.15, -0.1) is 0 Å². The number of unbranched alkanes of at least 4 members (excludes halogenated alkanes) is 10. The third-order valence-corrected chi connectivity index (χ3v) is 3.38. The van der Waals surface area contributed by atoms with Crippen molar-refractivity contribution < 1.29 is 57.6 Å². The monoisotopic (exact) mass is 295 g/mol. The van der Waals surface area contributed by atoms with Crippen LogP contribution in [0, 0.1) is 0 Å². The number of nitrogens with one attached hydrogen (secondary N) is 1. The first-order valence-electron chi connectivity index (χ1n) is 8.08. The molecule has 0 radical (unpaired) electrons. The summed E-state index contributed by atoms with van der Waals surface area (Å²) < 4.78 is 0. The third kappa shape index (κ3) is 19.1. The molecule has 1 amide bonds. The molecule has 0 saturated carbocycles. The summed E-state index contributed by atoms with van der Waals surface area (Å²) in [6, 6.07) is 0. The molecule has 0 aliphatic rings. The van der Waals surface area contributed by atoms with Crippen molar-refractivity contribution in [3.63, 3.8) is 0 Å². The second-order valence-electron chi connectivity index (χ2n) is 5.24. The first-order valence-corrected chi connectivity index (χ1v) is 8.08. The molecule has 0 aromatic carbocycles. The fourth-order valence-electron chi connectivity index (χ4n) is 2.24. The van der Waals surface area contributed by atoms with Crippen LogP contribution in [0.4, 0.5) is 0 Å². The summed E-state index contributed by atoms with van der Waals surface area (Å²) >= 11 is 0. The van der Waals surface area contributed by atoms with Gasteiger partial charge in [-0.3, -0.25) is 4.79 Å². The van der Waals surface area contributed by atoms with Gasteiger partial charge in [0, 0.05) is 13.0 Å². The van der Waals surface area contributed by atoms with Crippen LogP contribution >= 0.6 is 0 Å². The smallest absolute Gasteiger partial charge is 1.00 e. The van der Waals surface area contributed by atoms with E-state index in [2.05, 4.69) is 12.2 Å². The molecular weight excluding hydrogens is 261 g/mol. The number of carbonyl (C=O) groups excluding carboxylic acids is 1. The van der Waals surface area contributed by atoms with E-state index in [0.717, 1.165) is 13.0 Å². The molecule has 0 saturated heterocycles. The number of carbonyl (C=O) groups is 1. The van der Waals surface area contributed by atoms with Gasteiger partial charge < -0.3 is 6.74 Å². The van der Waals surface area contributed by atoms with E-state index in [-0.39, 0.29) is 58.7 Å². The van der Waals surface area contributed by atoms with Crippen LogP contribution in [0.5, 0.6) is 0 Å². The van der Waals surface area contributed by atoms with Gasteiger partial charge in [-0.1, -0.05) is 71.1 Å². The Morgan fingerprint density at radius 1 is 0.789 bits per heavy atom. The van der Waals surface area contributed by atoms with E-state index < -0.39 is 0 Å². The standard InChI is InChI=1S/C16H33NO.K.H/c1-3-5-6-7-8-9-10-11-12-13-14-15-16(18)17-4-2;;/h3-15H2,1-2H3,(H,17,18);;/q;+1;-1. The molecule has 0 fully saturated rings. The average molecular weight is 296 g/mol. The molecule has 0 rings (SSSR count). The largest absolute Gasteiger partial charge is 1.00 e. The summed E-state index contributed by atoms with van der Waals surface area (Å²) in [6.45, 7) is 5.00. The normalized spacial score (nSPS) is 10.0. The van der Waals surface area contributed by atoms with Crippen molar-refractivity contribution in [2.24, 2.45) is 0 Å². The quantitative estimate of drug-likeness (QED) is 0.408. The average Bonchev–Trinajstić information content (AvgIpc) is 2.36. The predicted octanol–water partition coefficient (Wildman–Crippen LogP) is 1.94. The predicted molar refractivity (Wildman–Crippen MR) is 80.9 cm³/mol. The molecular formula is C16H34KNO. The van der Waals surface area contributed by atoms with E-state index in [1.807, 2.05) is 6.92 Å². The topological polar surface area (TPSA) is 29.1 Å². The molecule has 0 aliphatic heterocycles. The zero-order valence-corrected chi connectivity index (χ0v) is 16.7. The van der Waals surface area contributed by atoms with Crippen LogP contribution in [-0.4, -0.2) is 12.5 Å². The minimum atomic E-state index is 0. The van der Waals surface area contributed by atoms with Crippen LogP contribution in [0.2, 0.25) is 0 Å². The van der Waals surface area contributed by atoms with Crippen molar-refractivity contribution in [2.75, 3.05) is 6.54 Å². The van der Waals surface area contributed by atoms with Gasteiger partial charge in [0.2, 0.25) is 5.91 Å². The van der Waals surface area contributed by atoms with Crippen LogP contribution in [-0.2, 0) is 4.79 Å². The van der Waals surface area contributed by atoms with Crippen LogP contribution < -0.4 is 56.7 Å². The van der Waals surface area contributed by atoms with E-state index in [1.54, 1.807) is 0 Å². The molecule has 0 aliphatic carbocycles. The van der Waals surface area contributed by atoms with Crippen molar-refractivity contribution in [3.05, 3.63) is 0 Å². The van der Waals surface area contributed by atoms with Crippen molar-refractivity contribution in [1.82, 2.24) is 5.32 Å². The SMILES string of the molecule is CCCCCCCCCCCCCC(=O)NCC.[H-].[K+]. The Bertz CT molecular complexity index is 191. The maximum atomic E-state index is 11.2. The van der Waals surface area contributed by atoms with E-state index in [9.17, 15) is 4.79 Å². The Balaban J connectivity index is -0.00000144. The Morgan fingerprint density at radius 3 is 1.63 bits per heavy atom. The molecule has 0 aromatic heterocycles.